The molecule has 0 saturated heterocycles. The minimum absolute atomic E-state index is 0.474. The highest BCUT2D eigenvalue weighted by Gasteiger charge is 2.20. The zero-order valence-corrected chi connectivity index (χ0v) is 7.97. The van der Waals surface area contributed by atoms with Gasteiger partial charge in [0.05, 0.1) is 7.11 Å². The van der Waals surface area contributed by atoms with Crippen LogP contribution in [0.5, 0.6) is 5.75 Å². The van der Waals surface area contributed by atoms with Gasteiger partial charge in [-0.25, -0.2) is 13.6 Å². The molecule has 0 heterocycles. The first-order valence-corrected chi connectivity index (χ1v) is 3.98. The van der Waals surface area contributed by atoms with Crippen molar-refractivity contribution in [2.24, 2.45) is 0 Å². The Kier molecular flexibility index (Phi) is 3.70. The molecule has 0 fully saturated rings. The number of hydrogen-bond donors (Lipinski definition) is 0. The highest BCUT2D eigenvalue weighted by atomic mass is 19.3. The average Bonchev–Trinajstić information content (AvgIpc) is 2.15. The molecule has 0 unspecified atom stereocenters. The minimum Gasteiger partial charge on any atom is -0.465 e. The lowest BCUT2D eigenvalue weighted by molar-refractivity contribution is -0.0501. The second kappa shape index (κ2) is 4.82. The van der Waals surface area contributed by atoms with E-state index in [1.54, 1.807) is 0 Å². The van der Waals surface area contributed by atoms with E-state index in [0.717, 1.165) is 7.11 Å². The van der Waals surface area contributed by atoms with Crippen molar-refractivity contribution >= 4 is 5.97 Å². The van der Waals surface area contributed by atoms with Crippen LogP contribution < -0.4 is 4.74 Å². The Morgan fingerprint density at radius 2 is 1.75 bits per heavy atom. The van der Waals surface area contributed by atoms with Gasteiger partial charge in [0, 0.05) is 12.1 Å². The standard InChI is InChI=1S/C9H6F4O3/c1-15-8(14)7-5(10)2-4(3-6(7)11)16-9(12)13/h2-3,9H,1H3. The van der Waals surface area contributed by atoms with Crippen molar-refractivity contribution in [2.75, 3.05) is 7.11 Å². The van der Waals surface area contributed by atoms with Gasteiger partial charge in [0.1, 0.15) is 22.9 Å². The summed E-state index contributed by atoms with van der Waals surface area (Å²) in [5.74, 6) is -4.61. The normalized spacial score (nSPS) is 10.4. The van der Waals surface area contributed by atoms with E-state index in [4.69, 9.17) is 0 Å². The van der Waals surface area contributed by atoms with E-state index in [2.05, 4.69) is 9.47 Å². The third-order valence-corrected chi connectivity index (χ3v) is 1.63. The molecule has 0 atom stereocenters. The van der Waals surface area contributed by atoms with Crippen LogP contribution >= 0.6 is 0 Å². The van der Waals surface area contributed by atoms with E-state index in [1.165, 1.54) is 0 Å². The fraction of sp³-hybridized carbons (Fsp3) is 0.222. The molecule has 0 spiro atoms. The SMILES string of the molecule is COC(=O)c1c(F)cc(OC(F)F)cc1F. The number of rotatable bonds is 3. The van der Waals surface area contributed by atoms with Crippen LogP contribution in [0.3, 0.4) is 0 Å². The number of hydrogen-bond acceptors (Lipinski definition) is 3. The Hall–Kier alpha value is -1.79. The lowest BCUT2D eigenvalue weighted by Gasteiger charge is -2.07. The molecule has 1 rings (SSSR count). The molecule has 88 valence electrons. The first-order chi connectivity index (χ1) is 7.45. The Morgan fingerprint density at radius 1 is 1.25 bits per heavy atom. The van der Waals surface area contributed by atoms with Gasteiger partial charge in [-0.2, -0.15) is 8.78 Å². The van der Waals surface area contributed by atoms with E-state index in [9.17, 15) is 22.4 Å². The van der Waals surface area contributed by atoms with Gasteiger partial charge >= 0.3 is 12.6 Å². The van der Waals surface area contributed by atoms with Gasteiger partial charge in [0.15, 0.2) is 0 Å². The zero-order chi connectivity index (χ0) is 12.3. The van der Waals surface area contributed by atoms with Gasteiger partial charge in [0.2, 0.25) is 0 Å². The summed E-state index contributed by atoms with van der Waals surface area (Å²) < 4.78 is 57.7. The van der Waals surface area contributed by atoms with Crippen LogP contribution in [0.2, 0.25) is 0 Å². The molecule has 16 heavy (non-hydrogen) atoms. The summed E-state index contributed by atoms with van der Waals surface area (Å²) in [4.78, 5) is 10.9. The minimum atomic E-state index is -3.21. The summed E-state index contributed by atoms with van der Waals surface area (Å²) in [6.45, 7) is -3.21. The maximum absolute atomic E-state index is 13.1. The largest absolute Gasteiger partial charge is 0.465 e. The van der Waals surface area contributed by atoms with Gasteiger partial charge in [-0.3, -0.25) is 0 Å². The molecule has 0 bridgehead atoms. The van der Waals surface area contributed by atoms with Gasteiger partial charge < -0.3 is 9.47 Å². The Morgan fingerprint density at radius 3 is 2.12 bits per heavy atom. The summed E-state index contributed by atoms with van der Waals surface area (Å²) in [5.41, 5.74) is -0.955. The molecule has 0 aliphatic rings. The summed E-state index contributed by atoms with van der Waals surface area (Å²) >= 11 is 0. The van der Waals surface area contributed by atoms with E-state index < -0.39 is 35.5 Å². The zero-order valence-electron chi connectivity index (χ0n) is 7.97. The maximum Gasteiger partial charge on any atom is 0.387 e. The van der Waals surface area contributed by atoms with E-state index >= 15 is 0 Å². The van der Waals surface area contributed by atoms with Gasteiger partial charge in [-0.1, -0.05) is 0 Å². The number of halogens is 4. The topological polar surface area (TPSA) is 35.5 Å². The molecule has 7 heteroatoms. The molecule has 0 saturated carbocycles. The monoisotopic (exact) mass is 238 g/mol. The summed E-state index contributed by atoms with van der Waals surface area (Å²) in [6, 6.07) is 0.947. The van der Waals surface area contributed by atoms with Crippen molar-refractivity contribution in [3.05, 3.63) is 29.3 Å². The number of carbonyl (C=O) groups is 1. The first-order valence-electron chi connectivity index (χ1n) is 3.98. The number of esters is 1. The van der Waals surface area contributed by atoms with Crippen LogP contribution in [-0.2, 0) is 4.74 Å². The Bertz CT molecular complexity index is 383. The fourth-order valence-corrected chi connectivity index (χ4v) is 1.02. The summed E-state index contributed by atoms with van der Waals surface area (Å²) in [5, 5.41) is 0. The lowest BCUT2D eigenvalue weighted by Crippen LogP contribution is -2.09. The predicted octanol–water partition coefficient (Wildman–Crippen LogP) is 2.35. The molecule has 0 aliphatic heterocycles. The van der Waals surface area contributed by atoms with Crippen molar-refractivity contribution in [1.29, 1.82) is 0 Å². The molecule has 0 aliphatic carbocycles. The number of methoxy groups -OCH3 is 1. The fourth-order valence-electron chi connectivity index (χ4n) is 1.02. The van der Waals surface area contributed by atoms with Crippen LogP contribution in [0.15, 0.2) is 12.1 Å². The van der Waals surface area contributed by atoms with E-state index in [1.807, 2.05) is 0 Å². The van der Waals surface area contributed by atoms with Crippen LogP contribution in [0.1, 0.15) is 10.4 Å². The number of carbonyl (C=O) groups excluding carboxylic acids is 1. The lowest BCUT2D eigenvalue weighted by atomic mass is 10.2. The smallest absolute Gasteiger partial charge is 0.387 e. The second-order valence-corrected chi connectivity index (χ2v) is 2.63. The first kappa shape index (κ1) is 12.3. The molecular formula is C9H6F4O3. The Balaban J connectivity index is 3.12. The van der Waals surface area contributed by atoms with Crippen LogP contribution in [0.4, 0.5) is 17.6 Å². The second-order valence-electron chi connectivity index (χ2n) is 2.63. The summed E-state index contributed by atoms with van der Waals surface area (Å²) in [7, 11) is 0.935. The Labute approximate surface area is 87.6 Å². The van der Waals surface area contributed by atoms with Crippen LogP contribution in [0, 0.1) is 11.6 Å². The average molecular weight is 238 g/mol. The molecule has 1 aromatic carbocycles. The molecule has 3 nitrogen and oxygen atoms in total. The highest BCUT2D eigenvalue weighted by Crippen LogP contribution is 2.22. The van der Waals surface area contributed by atoms with Crippen molar-refractivity contribution < 1.29 is 31.8 Å². The molecular weight excluding hydrogens is 232 g/mol. The van der Waals surface area contributed by atoms with Crippen LogP contribution in [0.25, 0.3) is 0 Å². The van der Waals surface area contributed by atoms with E-state index in [-0.39, 0.29) is 0 Å². The van der Waals surface area contributed by atoms with Crippen molar-refractivity contribution in [3.63, 3.8) is 0 Å². The van der Waals surface area contributed by atoms with Crippen molar-refractivity contribution in [3.8, 4) is 5.75 Å². The van der Waals surface area contributed by atoms with Crippen molar-refractivity contribution in [1.82, 2.24) is 0 Å². The van der Waals surface area contributed by atoms with E-state index in [0.29, 0.717) is 12.1 Å². The maximum atomic E-state index is 13.1. The van der Waals surface area contributed by atoms with Gasteiger partial charge in [-0.15, -0.1) is 0 Å². The number of ether oxygens (including phenoxy) is 2. The van der Waals surface area contributed by atoms with Gasteiger partial charge in [-0.05, 0) is 0 Å². The third kappa shape index (κ3) is 2.62. The third-order valence-electron chi connectivity index (χ3n) is 1.63. The molecule has 0 amide bonds. The quantitative estimate of drug-likeness (QED) is 0.599. The molecule has 0 N–H and O–H groups in total. The van der Waals surface area contributed by atoms with Gasteiger partial charge in [0.25, 0.3) is 0 Å². The number of alkyl halides is 2. The highest BCUT2D eigenvalue weighted by molar-refractivity contribution is 5.90. The predicted molar refractivity (Wildman–Crippen MR) is 44.3 cm³/mol. The molecule has 1 aromatic rings. The van der Waals surface area contributed by atoms with Crippen molar-refractivity contribution in [2.45, 2.75) is 6.61 Å². The molecule has 0 aromatic heterocycles. The van der Waals surface area contributed by atoms with Crippen LogP contribution in [-0.4, -0.2) is 19.7 Å². The molecule has 0 radical (unpaired) electrons. The number of benzene rings is 1. The summed E-state index contributed by atoms with van der Waals surface area (Å²) in [6.07, 6.45) is 0.